The number of rotatable bonds is 5. The van der Waals surface area contributed by atoms with E-state index in [9.17, 15) is 4.79 Å². The number of aromatic amines is 1. The minimum absolute atomic E-state index is 0.148. The lowest BCUT2D eigenvalue weighted by Gasteiger charge is -2.32. The number of hydrogen-bond donors (Lipinski definition) is 2. The fourth-order valence-corrected chi connectivity index (χ4v) is 2.96. The van der Waals surface area contributed by atoms with E-state index in [0.29, 0.717) is 5.69 Å². The molecule has 8 heteroatoms. The summed E-state index contributed by atoms with van der Waals surface area (Å²) in [6.07, 6.45) is 4.91. The number of carbonyl (C=O) groups is 1. The molecule has 8 nitrogen and oxygen atoms in total. The molecule has 3 rings (SSSR count). The minimum Gasteiger partial charge on any atom is -0.354 e. The minimum atomic E-state index is -0.148. The first-order valence-corrected chi connectivity index (χ1v) is 8.09. The zero-order valence-electron chi connectivity index (χ0n) is 13.6. The first-order chi connectivity index (χ1) is 11.2. The average molecular weight is 317 g/mol. The summed E-state index contributed by atoms with van der Waals surface area (Å²) >= 11 is 0. The Labute approximate surface area is 135 Å². The molecule has 0 radical (unpaired) electrons. The third kappa shape index (κ3) is 3.58. The first kappa shape index (κ1) is 15.7. The van der Waals surface area contributed by atoms with Gasteiger partial charge in [-0.1, -0.05) is 6.92 Å². The smallest absolute Gasteiger partial charge is 0.271 e. The molecule has 3 heterocycles. The van der Waals surface area contributed by atoms with Crippen LogP contribution >= 0.6 is 0 Å². The van der Waals surface area contributed by atoms with Crippen molar-refractivity contribution in [3.05, 3.63) is 29.6 Å². The summed E-state index contributed by atoms with van der Waals surface area (Å²) in [5.41, 5.74) is 0.465. The zero-order chi connectivity index (χ0) is 16.2. The van der Waals surface area contributed by atoms with Gasteiger partial charge in [-0.2, -0.15) is 10.2 Å². The lowest BCUT2D eigenvalue weighted by Crippen LogP contribution is -2.36. The number of piperidine rings is 1. The van der Waals surface area contributed by atoms with Crippen molar-refractivity contribution in [3.8, 4) is 0 Å². The number of nitrogens with one attached hydrogen (secondary N) is 2. The van der Waals surface area contributed by atoms with Gasteiger partial charge in [-0.05, 0) is 25.5 Å². The van der Waals surface area contributed by atoms with E-state index < -0.39 is 0 Å². The number of H-pyrrole nitrogens is 1. The Balaban J connectivity index is 1.63. The summed E-state index contributed by atoms with van der Waals surface area (Å²) in [7, 11) is 1.62. The van der Waals surface area contributed by atoms with Crippen LogP contribution in [0.15, 0.2) is 12.3 Å². The third-order valence-electron chi connectivity index (χ3n) is 4.19. The van der Waals surface area contributed by atoms with Crippen LogP contribution in [0, 0.1) is 0 Å². The molecule has 1 aliphatic rings. The van der Waals surface area contributed by atoms with Crippen molar-refractivity contribution in [2.75, 3.05) is 20.1 Å². The lowest BCUT2D eigenvalue weighted by molar-refractivity contribution is 0.0955. The Kier molecular flexibility index (Phi) is 4.71. The highest BCUT2D eigenvalue weighted by Crippen LogP contribution is 2.22. The van der Waals surface area contributed by atoms with E-state index in [-0.39, 0.29) is 11.9 Å². The SMILES string of the molecule is CCc1n[nH]c(CN2CCC[C@H](n3ccc(C(=O)NC)n3)C2)n1. The highest BCUT2D eigenvalue weighted by molar-refractivity contribution is 5.91. The maximum atomic E-state index is 11.6. The Morgan fingerprint density at radius 3 is 3.13 bits per heavy atom. The lowest BCUT2D eigenvalue weighted by atomic mass is 10.1. The summed E-state index contributed by atoms with van der Waals surface area (Å²) in [6, 6.07) is 2.05. The maximum Gasteiger partial charge on any atom is 0.271 e. The molecular weight excluding hydrogens is 294 g/mol. The van der Waals surface area contributed by atoms with Gasteiger partial charge in [0.2, 0.25) is 0 Å². The summed E-state index contributed by atoms with van der Waals surface area (Å²) in [4.78, 5) is 18.5. The van der Waals surface area contributed by atoms with E-state index in [1.165, 1.54) is 0 Å². The van der Waals surface area contributed by atoms with Gasteiger partial charge in [0.25, 0.3) is 5.91 Å². The number of carbonyl (C=O) groups excluding carboxylic acids is 1. The van der Waals surface area contributed by atoms with Crippen molar-refractivity contribution in [1.29, 1.82) is 0 Å². The molecule has 0 bridgehead atoms. The quantitative estimate of drug-likeness (QED) is 0.849. The summed E-state index contributed by atoms with van der Waals surface area (Å²) in [6.45, 7) is 4.76. The van der Waals surface area contributed by atoms with Crippen molar-refractivity contribution in [2.24, 2.45) is 0 Å². The van der Waals surface area contributed by atoms with E-state index in [1.54, 1.807) is 13.1 Å². The monoisotopic (exact) mass is 317 g/mol. The first-order valence-electron chi connectivity index (χ1n) is 8.09. The normalized spacial score (nSPS) is 19.0. The molecule has 2 N–H and O–H groups in total. The van der Waals surface area contributed by atoms with Crippen molar-refractivity contribution in [2.45, 2.75) is 38.8 Å². The number of hydrogen-bond acceptors (Lipinski definition) is 5. The molecule has 1 atom stereocenters. The Morgan fingerprint density at radius 1 is 1.52 bits per heavy atom. The van der Waals surface area contributed by atoms with Crippen LogP contribution in [0.1, 0.15) is 47.9 Å². The Hall–Kier alpha value is -2.22. The molecule has 1 aliphatic heterocycles. The van der Waals surface area contributed by atoms with Crippen LogP contribution in [-0.4, -0.2) is 55.9 Å². The molecule has 124 valence electrons. The number of likely N-dealkylation sites (tertiary alicyclic amines) is 1. The molecule has 0 unspecified atom stereocenters. The van der Waals surface area contributed by atoms with Crippen LogP contribution < -0.4 is 5.32 Å². The average Bonchev–Trinajstić information content (AvgIpc) is 3.23. The van der Waals surface area contributed by atoms with Crippen LogP contribution in [0.25, 0.3) is 0 Å². The van der Waals surface area contributed by atoms with Gasteiger partial charge in [-0.3, -0.25) is 19.5 Å². The molecule has 1 saturated heterocycles. The second-order valence-electron chi connectivity index (χ2n) is 5.84. The van der Waals surface area contributed by atoms with E-state index in [2.05, 4.69) is 30.5 Å². The summed E-state index contributed by atoms with van der Waals surface area (Å²) in [5.74, 6) is 1.62. The number of aromatic nitrogens is 5. The molecule has 0 aliphatic carbocycles. The second kappa shape index (κ2) is 6.91. The van der Waals surface area contributed by atoms with Crippen molar-refractivity contribution < 1.29 is 4.79 Å². The fraction of sp³-hybridized carbons (Fsp3) is 0.600. The van der Waals surface area contributed by atoms with Gasteiger partial charge in [0.15, 0.2) is 0 Å². The summed E-state index contributed by atoms with van der Waals surface area (Å²) < 4.78 is 1.91. The molecule has 2 aromatic heterocycles. The number of nitrogens with zero attached hydrogens (tertiary/aromatic N) is 5. The van der Waals surface area contributed by atoms with E-state index in [0.717, 1.165) is 50.5 Å². The van der Waals surface area contributed by atoms with Gasteiger partial charge < -0.3 is 5.32 Å². The molecule has 23 heavy (non-hydrogen) atoms. The maximum absolute atomic E-state index is 11.6. The third-order valence-corrected chi connectivity index (χ3v) is 4.19. The molecule has 1 amide bonds. The van der Waals surface area contributed by atoms with Crippen molar-refractivity contribution in [3.63, 3.8) is 0 Å². The molecule has 0 saturated carbocycles. The van der Waals surface area contributed by atoms with Crippen LogP contribution in [0.5, 0.6) is 0 Å². The van der Waals surface area contributed by atoms with Gasteiger partial charge in [0.05, 0.1) is 12.6 Å². The van der Waals surface area contributed by atoms with E-state index >= 15 is 0 Å². The van der Waals surface area contributed by atoms with E-state index in [1.807, 2.05) is 17.8 Å². The van der Waals surface area contributed by atoms with Gasteiger partial charge in [0.1, 0.15) is 17.3 Å². The summed E-state index contributed by atoms with van der Waals surface area (Å²) in [5, 5.41) is 14.2. The van der Waals surface area contributed by atoms with Gasteiger partial charge in [-0.15, -0.1) is 0 Å². The molecule has 0 spiro atoms. The van der Waals surface area contributed by atoms with Crippen LogP contribution in [0.2, 0.25) is 0 Å². The topological polar surface area (TPSA) is 91.7 Å². The van der Waals surface area contributed by atoms with Crippen molar-refractivity contribution in [1.82, 2.24) is 35.2 Å². The highest BCUT2D eigenvalue weighted by Gasteiger charge is 2.23. The second-order valence-corrected chi connectivity index (χ2v) is 5.84. The van der Waals surface area contributed by atoms with E-state index in [4.69, 9.17) is 0 Å². The van der Waals surface area contributed by atoms with Crippen molar-refractivity contribution >= 4 is 5.91 Å². The molecule has 0 aromatic carbocycles. The predicted molar refractivity (Wildman–Crippen MR) is 84.9 cm³/mol. The zero-order valence-corrected chi connectivity index (χ0v) is 13.6. The van der Waals surface area contributed by atoms with Gasteiger partial charge >= 0.3 is 0 Å². The van der Waals surface area contributed by atoms with Gasteiger partial charge in [0, 0.05) is 26.2 Å². The van der Waals surface area contributed by atoms with Crippen LogP contribution in [0.3, 0.4) is 0 Å². The van der Waals surface area contributed by atoms with Crippen LogP contribution in [0.4, 0.5) is 0 Å². The van der Waals surface area contributed by atoms with Gasteiger partial charge in [-0.25, -0.2) is 4.98 Å². The fourth-order valence-electron chi connectivity index (χ4n) is 2.96. The van der Waals surface area contributed by atoms with Crippen LogP contribution in [-0.2, 0) is 13.0 Å². The highest BCUT2D eigenvalue weighted by atomic mass is 16.1. The molecular formula is C15H23N7O. The molecule has 1 fully saturated rings. The Bertz CT molecular complexity index is 662. The predicted octanol–water partition coefficient (Wildman–Crippen LogP) is 0.760. The standard InChI is InChI=1S/C15H23N7O/c1-3-13-17-14(19-18-13)10-21-7-4-5-11(9-21)22-8-6-12(20-22)15(23)16-2/h6,8,11H,3-5,7,9-10H2,1-2H3,(H,16,23)(H,17,18,19)/t11-/m0/s1. The number of aryl methyl sites for hydroxylation is 1. The largest absolute Gasteiger partial charge is 0.354 e. The Morgan fingerprint density at radius 2 is 2.39 bits per heavy atom. The molecule has 2 aromatic rings. The number of amides is 1.